The van der Waals surface area contributed by atoms with Crippen LogP contribution in [0.1, 0.15) is 18.9 Å². The molecule has 4 nitrogen and oxygen atoms in total. The van der Waals surface area contributed by atoms with Crippen molar-refractivity contribution in [3.8, 4) is 0 Å². The number of anilines is 1. The van der Waals surface area contributed by atoms with Crippen molar-refractivity contribution >= 4 is 33.8 Å². The summed E-state index contributed by atoms with van der Waals surface area (Å²) in [6, 6.07) is 7.96. The van der Waals surface area contributed by atoms with Crippen LogP contribution in [0, 0.1) is 5.92 Å². The van der Waals surface area contributed by atoms with Gasteiger partial charge in [-0.25, -0.2) is 0 Å². The van der Waals surface area contributed by atoms with Crippen LogP contribution in [0.15, 0.2) is 30.5 Å². The van der Waals surface area contributed by atoms with Crippen molar-refractivity contribution in [3.63, 3.8) is 0 Å². The monoisotopic (exact) mass is 301 g/mol. The summed E-state index contributed by atoms with van der Waals surface area (Å²) in [7, 11) is 0. The minimum absolute atomic E-state index is 0.322. The molecule has 110 valence electrons. The number of fused-ring (bicyclic) bond motifs is 1. The zero-order chi connectivity index (χ0) is 15.0. The molecule has 0 saturated carbocycles. The van der Waals surface area contributed by atoms with E-state index in [1.165, 1.54) is 0 Å². The van der Waals surface area contributed by atoms with Gasteiger partial charge in [0.1, 0.15) is 4.99 Å². The molecule has 2 aromatic rings. The molecule has 1 aromatic carbocycles. The number of hydrogen-bond donors (Lipinski definition) is 2. The molecule has 1 aliphatic heterocycles. The lowest BCUT2D eigenvalue weighted by molar-refractivity contribution is 0.103. The van der Waals surface area contributed by atoms with Gasteiger partial charge in [-0.15, -0.1) is 0 Å². The first-order chi connectivity index (χ1) is 10.1. The average molecular weight is 301 g/mol. The fourth-order valence-corrected chi connectivity index (χ4v) is 3.05. The van der Waals surface area contributed by atoms with Crippen LogP contribution in [0.3, 0.4) is 0 Å². The Balaban J connectivity index is 2.14. The van der Waals surface area contributed by atoms with Crippen LogP contribution < -0.4 is 10.6 Å². The lowest BCUT2D eigenvalue weighted by Crippen LogP contribution is -2.43. The maximum Gasteiger partial charge on any atom is 0.107 e. The Hall–Kier alpha value is -1.72. The van der Waals surface area contributed by atoms with Gasteiger partial charge in [-0.3, -0.25) is 4.98 Å². The number of aromatic nitrogens is 1. The lowest BCUT2D eigenvalue weighted by atomic mass is 9.94. The van der Waals surface area contributed by atoms with E-state index in [1.807, 2.05) is 24.3 Å². The fraction of sp³-hybridized carbons (Fsp3) is 0.375. The second-order valence-corrected chi connectivity index (χ2v) is 6.12. The fourth-order valence-electron chi connectivity index (χ4n) is 2.90. The van der Waals surface area contributed by atoms with Crippen molar-refractivity contribution in [1.29, 1.82) is 0 Å². The second-order valence-electron chi connectivity index (χ2n) is 5.68. The van der Waals surface area contributed by atoms with E-state index in [2.05, 4.69) is 16.8 Å². The molecule has 0 radical (unpaired) electrons. The molecular formula is C16H19N3OS. The van der Waals surface area contributed by atoms with E-state index >= 15 is 0 Å². The summed E-state index contributed by atoms with van der Waals surface area (Å²) >= 11 is 5.18. The largest absolute Gasteiger partial charge is 0.391 e. The van der Waals surface area contributed by atoms with Gasteiger partial charge in [0.05, 0.1) is 22.9 Å². The van der Waals surface area contributed by atoms with E-state index in [4.69, 9.17) is 18.0 Å². The maximum atomic E-state index is 10.2. The van der Waals surface area contributed by atoms with Crippen molar-refractivity contribution in [3.05, 3.63) is 36.0 Å². The number of β-amino-alcohol motifs (C(OH)–C–C–N with tert-alkyl or cyclic N) is 1. The summed E-state index contributed by atoms with van der Waals surface area (Å²) in [6.45, 7) is 3.58. The Morgan fingerprint density at radius 1 is 1.43 bits per heavy atom. The van der Waals surface area contributed by atoms with Gasteiger partial charge in [0, 0.05) is 24.7 Å². The second kappa shape index (κ2) is 5.58. The van der Waals surface area contributed by atoms with Gasteiger partial charge in [0.2, 0.25) is 0 Å². The van der Waals surface area contributed by atoms with E-state index < -0.39 is 0 Å². The maximum absolute atomic E-state index is 10.2. The van der Waals surface area contributed by atoms with Gasteiger partial charge >= 0.3 is 0 Å². The number of aliphatic hydroxyl groups excluding tert-OH is 1. The number of rotatable bonds is 2. The summed E-state index contributed by atoms with van der Waals surface area (Å²) in [5, 5.41) is 11.2. The van der Waals surface area contributed by atoms with Gasteiger partial charge in [-0.2, -0.15) is 0 Å². The Bertz CT molecular complexity index is 688. The first-order valence-corrected chi connectivity index (χ1v) is 7.59. The van der Waals surface area contributed by atoms with Gasteiger partial charge in [-0.1, -0.05) is 37.3 Å². The van der Waals surface area contributed by atoms with Gasteiger partial charge in [-0.05, 0) is 18.4 Å². The number of thiocarbonyl (C=S) groups is 1. The molecule has 1 aromatic heterocycles. The number of benzene rings is 1. The number of nitrogens with two attached hydrogens (primary N) is 1. The van der Waals surface area contributed by atoms with Crippen molar-refractivity contribution in [2.75, 3.05) is 18.0 Å². The topological polar surface area (TPSA) is 62.4 Å². The summed E-state index contributed by atoms with van der Waals surface area (Å²) in [4.78, 5) is 6.96. The Kier molecular flexibility index (Phi) is 3.78. The molecule has 2 heterocycles. The molecule has 0 amide bonds. The molecule has 1 saturated heterocycles. The molecular weight excluding hydrogens is 282 g/mol. The molecule has 3 N–H and O–H groups in total. The quantitative estimate of drug-likeness (QED) is 0.832. The van der Waals surface area contributed by atoms with Crippen LogP contribution >= 0.6 is 12.2 Å². The van der Waals surface area contributed by atoms with E-state index in [-0.39, 0.29) is 6.10 Å². The van der Waals surface area contributed by atoms with Crippen LogP contribution in [0.4, 0.5) is 5.69 Å². The molecule has 2 unspecified atom stereocenters. The number of para-hydroxylation sites is 1. The van der Waals surface area contributed by atoms with Crippen molar-refractivity contribution in [2.24, 2.45) is 11.7 Å². The number of nitrogens with zero attached hydrogens (tertiary/aromatic N) is 2. The summed E-state index contributed by atoms with van der Waals surface area (Å²) in [5.74, 6) is 0.322. The highest BCUT2D eigenvalue weighted by atomic mass is 32.1. The zero-order valence-corrected chi connectivity index (χ0v) is 12.8. The normalized spacial score (nSPS) is 22.5. The SMILES string of the molecule is CC1CCN(c2c(C(N)=S)cnc3ccccc23)CC1O. The predicted octanol–water partition coefficient (Wildman–Crippen LogP) is 2.08. The smallest absolute Gasteiger partial charge is 0.107 e. The number of piperidine rings is 1. The van der Waals surface area contributed by atoms with Crippen LogP contribution in [-0.2, 0) is 0 Å². The Morgan fingerprint density at radius 3 is 2.90 bits per heavy atom. The molecule has 21 heavy (non-hydrogen) atoms. The molecule has 3 rings (SSSR count). The molecule has 5 heteroatoms. The van der Waals surface area contributed by atoms with E-state index in [1.54, 1.807) is 6.20 Å². The molecule has 0 aliphatic carbocycles. The zero-order valence-electron chi connectivity index (χ0n) is 12.0. The third-order valence-electron chi connectivity index (χ3n) is 4.25. The number of aliphatic hydroxyl groups is 1. The highest BCUT2D eigenvalue weighted by molar-refractivity contribution is 7.80. The van der Waals surface area contributed by atoms with E-state index in [0.29, 0.717) is 17.5 Å². The first kappa shape index (κ1) is 14.2. The summed E-state index contributed by atoms with van der Waals surface area (Å²) in [6.07, 6.45) is 2.36. The molecule has 0 spiro atoms. The third-order valence-corrected chi connectivity index (χ3v) is 4.47. The standard InChI is InChI=1S/C16H19N3OS/c1-10-6-7-19(9-14(10)20)15-11-4-2-3-5-13(11)18-8-12(15)16(17)21/h2-5,8,10,14,20H,6-7,9H2,1H3,(H2,17,21). The number of hydrogen-bond acceptors (Lipinski definition) is 4. The third kappa shape index (κ3) is 2.59. The lowest BCUT2D eigenvalue weighted by Gasteiger charge is -2.37. The Labute approximate surface area is 129 Å². The van der Waals surface area contributed by atoms with Crippen LogP contribution in [0.2, 0.25) is 0 Å². The number of pyridine rings is 1. The van der Waals surface area contributed by atoms with Gasteiger partial charge in [0.25, 0.3) is 0 Å². The van der Waals surface area contributed by atoms with Gasteiger partial charge < -0.3 is 15.7 Å². The highest BCUT2D eigenvalue weighted by Crippen LogP contribution is 2.32. The van der Waals surface area contributed by atoms with Crippen LogP contribution in [-0.4, -0.2) is 34.3 Å². The first-order valence-electron chi connectivity index (χ1n) is 7.18. The molecule has 0 bridgehead atoms. The molecule has 1 aliphatic rings. The molecule has 2 atom stereocenters. The average Bonchev–Trinajstić information content (AvgIpc) is 2.49. The minimum atomic E-state index is -0.329. The predicted molar refractivity (Wildman–Crippen MR) is 89.6 cm³/mol. The van der Waals surface area contributed by atoms with Crippen LogP contribution in [0.25, 0.3) is 10.9 Å². The van der Waals surface area contributed by atoms with E-state index in [0.717, 1.165) is 35.1 Å². The minimum Gasteiger partial charge on any atom is -0.391 e. The summed E-state index contributed by atoms with van der Waals surface area (Å²) in [5.41, 5.74) is 8.58. The van der Waals surface area contributed by atoms with Crippen molar-refractivity contribution < 1.29 is 5.11 Å². The molecule has 1 fully saturated rings. The van der Waals surface area contributed by atoms with Crippen molar-refractivity contribution in [1.82, 2.24) is 4.98 Å². The Morgan fingerprint density at radius 2 is 2.19 bits per heavy atom. The van der Waals surface area contributed by atoms with Gasteiger partial charge in [0.15, 0.2) is 0 Å². The van der Waals surface area contributed by atoms with E-state index in [9.17, 15) is 5.11 Å². The van der Waals surface area contributed by atoms with Crippen molar-refractivity contribution in [2.45, 2.75) is 19.4 Å². The summed E-state index contributed by atoms with van der Waals surface area (Å²) < 4.78 is 0. The van der Waals surface area contributed by atoms with Crippen LogP contribution in [0.5, 0.6) is 0 Å². The highest BCUT2D eigenvalue weighted by Gasteiger charge is 2.27.